The van der Waals surface area contributed by atoms with Gasteiger partial charge in [-0.25, -0.2) is 4.57 Å². The molecule has 1 rings (SSSR count). The quantitative estimate of drug-likeness (QED) is 0.0218. The molecule has 0 saturated heterocycles. The number of rotatable bonds is 33. The van der Waals surface area contributed by atoms with Gasteiger partial charge in [0, 0.05) is 0 Å². The monoisotopic (exact) mass is 806 g/mol. The number of phosphoric acid groups is 1. The SMILES string of the molecule is CCCCC/C=C/CC/C=C/CC/C=C/C(O)C(COP(=O)(O)OC1C(O)C(O)C(O)C(O)C1O)NC(=O)CC(O)CCCCCCCCCCCCCC. The molecular formula is C41H76NO12P. The first kappa shape index (κ1) is 51.5. The van der Waals surface area contributed by atoms with Crippen molar-refractivity contribution in [2.24, 2.45) is 0 Å². The second-order valence-electron chi connectivity index (χ2n) is 15.0. The van der Waals surface area contributed by atoms with Gasteiger partial charge in [-0.2, -0.15) is 0 Å². The Morgan fingerprint density at radius 2 is 1.07 bits per heavy atom. The predicted molar refractivity (Wildman–Crippen MR) is 215 cm³/mol. The van der Waals surface area contributed by atoms with Gasteiger partial charge in [-0.05, 0) is 44.9 Å². The molecule has 9 N–H and O–H groups in total. The minimum absolute atomic E-state index is 0.254. The lowest BCUT2D eigenvalue weighted by molar-refractivity contribution is -0.220. The zero-order valence-corrected chi connectivity index (χ0v) is 34.5. The molecule has 0 radical (unpaired) electrons. The summed E-state index contributed by atoms with van der Waals surface area (Å²) in [6.07, 6.45) is 19.6. The molecule has 0 aliphatic heterocycles. The molecule has 0 spiro atoms. The van der Waals surface area contributed by atoms with E-state index in [2.05, 4.69) is 37.4 Å². The van der Waals surface area contributed by atoms with Crippen molar-refractivity contribution in [1.82, 2.24) is 5.32 Å². The molecular weight excluding hydrogens is 729 g/mol. The third kappa shape index (κ3) is 24.1. The average Bonchev–Trinajstić information content (AvgIpc) is 3.15. The predicted octanol–water partition coefficient (Wildman–Crippen LogP) is 5.80. The highest BCUT2D eigenvalue weighted by atomic mass is 31.2. The Bertz CT molecular complexity index is 1090. The minimum Gasteiger partial charge on any atom is -0.393 e. The molecule has 0 aromatic carbocycles. The second kappa shape index (κ2) is 31.5. The van der Waals surface area contributed by atoms with E-state index in [1.165, 1.54) is 76.7 Å². The molecule has 14 heteroatoms. The van der Waals surface area contributed by atoms with Crippen LogP contribution in [0.3, 0.4) is 0 Å². The summed E-state index contributed by atoms with van der Waals surface area (Å²) < 4.78 is 22.8. The molecule has 1 aliphatic carbocycles. The summed E-state index contributed by atoms with van der Waals surface area (Å²) in [4.78, 5) is 23.3. The number of hydrogen-bond acceptors (Lipinski definition) is 11. The molecule has 1 fully saturated rings. The largest absolute Gasteiger partial charge is 0.472 e. The maximum atomic E-state index is 12.9. The van der Waals surface area contributed by atoms with Crippen molar-refractivity contribution in [2.75, 3.05) is 6.61 Å². The molecule has 0 aromatic rings. The molecule has 8 atom stereocenters. The fourth-order valence-corrected chi connectivity index (χ4v) is 7.41. The molecule has 8 unspecified atom stereocenters. The standard InChI is InChI=1S/C41H76NO12P/c1-3-5-7-9-11-13-15-17-19-21-23-25-27-29-34(44)33(31-53-55(51,52)54-41-39(49)37(47)36(46)38(48)40(41)50)42-35(45)30-32(43)28-26-24-22-20-18-16-14-12-10-8-6-4-2/h11,13,19,21,27,29,32-34,36-41,43-44,46-50H,3-10,12,14-18,20,22-26,28,30-31H2,1-2H3,(H,42,45)(H,51,52)/b13-11+,21-19+,29-27+. The van der Waals surface area contributed by atoms with E-state index in [0.717, 1.165) is 44.9 Å². The Morgan fingerprint density at radius 1 is 0.636 bits per heavy atom. The van der Waals surface area contributed by atoms with E-state index in [1.54, 1.807) is 6.08 Å². The third-order valence-electron chi connectivity index (χ3n) is 9.96. The van der Waals surface area contributed by atoms with Crippen molar-refractivity contribution < 1.29 is 59.0 Å². The number of aliphatic hydroxyl groups excluding tert-OH is 7. The smallest absolute Gasteiger partial charge is 0.393 e. The summed E-state index contributed by atoms with van der Waals surface area (Å²) in [5, 5.41) is 74.1. The number of phosphoric ester groups is 1. The maximum Gasteiger partial charge on any atom is 0.472 e. The highest BCUT2D eigenvalue weighted by Crippen LogP contribution is 2.47. The van der Waals surface area contributed by atoms with E-state index < -0.39 is 75.2 Å². The van der Waals surface area contributed by atoms with E-state index in [0.29, 0.717) is 19.3 Å². The van der Waals surface area contributed by atoms with Crippen LogP contribution in [0.5, 0.6) is 0 Å². The van der Waals surface area contributed by atoms with Gasteiger partial charge >= 0.3 is 7.82 Å². The first-order chi connectivity index (χ1) is 26.3. The number of amides is 1. The summed E-state index contributed by atoms with van der Waals surface area (Å²) in [5.41, 5.74) is 0. The minimum atomic E-state index is -5.14. The molecule has 13 nitrogen and oxygen atoms in total. The van der Waals surface area contributed by atoms with Crippen molar-refractivity contribution in [1.29, 1.82) is 0 Å². The summed E-state index contributed by atoms with van der Waals surface area (Å²) in [7, 11) is -5.14. The number of carbonyl (C=O) groups is 1. The first-order valence-electron chi connectivity index (χ1n) is 21.0. The van der Waals surface area contributed by atoms with Gasteiger partial charge in [0.25, 0.3) is 0 Å². The van der Waals surface area contributed by atoms with Gasteiger partial charge in [0.1, 0.15) is 36.6 Å². The molecule has 1 aliphatic rings. The normalized spacial score (nSPS) is 24.8. The Kier molecular flexibility index (Phi) is 29.5. The second-order valence-corrected chi connectivity index (χ2v) is 16.4. The van der Waals surface area contributed by atoms with Crippen LogP contribution < -0.4 is 5.32 Å². The lowest BCUT2D eigenvalue weighted by Gasteiger charge is -2.41. The summed E-state index contributed by atoms with van der Waals surface area (Å²) in [5.74, 6) is -0.609. The fraction of sp³-hybridized carbons (Fsp3) is 0.829. The van der Waals surface area contributed by atoms with Crippen LogP contribution in [0.2, 0.25) is 0 Å². The van der Waals surface area contributed by atoms with Crippen molar-refractivity contribution >= 4 is 13.7 Å². The van der Waals surface area contributed by atoms with Gasteiger partial charge < -0.3 is 46.0 Å². The molecule has 1 saturated carbocycles. The van der Waals surface area contributed by atoms with Crippen LogP contribution in [-0.2, 0) is 18.4 Å². The first-order valence-corrected chi connectivity index (χ1v) is 22.5. The Hall–Kier alpha value is -1.48. The van der Waals surface area contributed by atoms with Crippen LogP contribution in [0.4, 0.5) is 0 Å². The van der Waals surface area contributed by atoms with E-state index in [9.17, 15) is 50.0 Å². The van der Waals surface area contributed by atoms with E-state index in [1.807, 2.05) is 6.08 Å². The average molecular weight is 806 g/mol. The molecule has 0 aromatic heterocycles. The molecule has 1 amide bonds. The van der Waals surface area contributed by atoms with Gasteiger partial charge in [0.2, 0.25) is 5.91 Å². The number of allylic oxidation sites excluding steroid dienone is 5. The Morgan fingerprint density at radius 3 is 1.60 bits per heavy atom. The van der Waals surface area contributed by atoms with Crippen molar-refractivity contribution in [3.8, 4) is 0 Å². The number of aliphatic hydroxyl groups is 7. The van der Waals surface area contributed by atoms with Crippen LogP contribution in [0.15, 0.2) is 36.5 Å². The van der Waals surface area contributed by atoms with Crippen molar-refractivity contribution in [3.63, 3.8) is 0 Å². The van der Waals surface area contributed by atoms with E-state index >= 15 is 0 Å². The van der Waals surface area contributed by atoms with Gasteiger partial charge in [0.15, 0.2) is 0 Å². The number of hydrogen-bond donors (Lipinski definition) is 9. The number of nitrogens with one attached hydrogen (secondary N) is 1. The Labute approximate surface area is 330 Å². The highest BCUT2D eigenvalue weighted by Gasteiger charge is 2.51. The van der Waals surface area contributed by atoms with Gasteiger partial charge in [-0.3, -0.25) is 13.8 Å². The maximum absolute atomic E-state index is 12.9. The third-order valence-corrected chi connectivity index (χ3v) is 10.9. The summed E-state index contributed by atoms with van der Waals surface area (Å²) in [6.45, 7) is 3.65. The number of unbranched alkanes of at least 4 members (excludes halogenated alkanes) is 16. The summed E-state index contributed by atoms with van der Waals surface area (Å²) in [6, 6.07) is -1.26. The lowest BCUT2D eigenvalue weighted by Crippen LogP contribution is -2.64. The molecule has 55 heavy (non-hydrogen) atoms. The lowest BCUT2D eigenvalue weighted by atomic mass is 9.85. The van der Waals surface area contributed by atoms with Crippen LogP contribution >= 0.6 is 7.82 Å². The van der Waals surface area contributed by atoms with Gasteiger partial charge in [-0.1, -0.05) is 140 Å². The number of carbonyl (C=O) groups excluding carboxylic acids is 1. The molecule has 0 bridgehead atoms. The zero-order chi connectivity index (χ0) is 40.9. The van der Waals surface area contributed by atoms with Crippen LogP contribution in [0.25, 0.3) is 0 Å². The van der Waals surface area contributed by atoms with Crippen LogP contribution in [0.1, 0.15) is 155 Å². The van der Waals surface area contributed by atoms with Gasteiger partial charge in [0.05, 0.1) is 31.3 Å². The topological polar surface area (TPSA) is 226 Å². The summed E-state index contributed by atoms with van der Waals surface area (Å²) >= 11 is 0. The Balaban J connectivity index is 2.66. The van der Waals surface area contributed by atoms with Gasteiger partial charge in [-0.15, -0.1) is 0 Å². The molecule has 322 valence electrons. The fourth-order valence-electron chi connectivity index (χ4n) is 6.45. The van der Waals surface area contributed by atoms with E-state index in [-0.39, 0.29) is 6.42 Å². The van der Waals surface area contributed by atoms with Crippen molar-refractivity contribution in [2.45, 2.75) is 210 Å². The van der Waals surface area contributed by atoms with Crippen LogP contribution in [-0.4, -0.2) is 108 Å². The molecule has 0 heterocycles. The van der Waals surface area contributed by atoms with E-state index in [4.69, 9.17) is 9.05 Å². The van der Waals surface area contributed by atoms with Crippen LogP contribution in [0, 0.1) is 0 Å². The van der Waals surface area contributed by atoms with Crippen molar-refractivity contribution in [3.05, 3.63) is 36.5 Å². The zero-order valence-electron chi connectivity index (χ0n) is 33.6. The highest BCUT2D eigenvalue weighted by molar-refractivity contribution is 7.47.